The van der Waals surface area contributed by atoms with Crippen molar-refractivity contribution in [2.45, 2.75) is 50.2 Å². The average molecular weight is 483 g/mol. The molecule has 14 heteroatoms. The molecule has 4 atom stereocenters. The molecule has 1 aromatic carbocycles. The van der Waals surface area contributed by atoms with Crippen LogP contribution in [-0.4, -0.2) is 59.7 Å². The lowest BCUT2D eigenvalue weighted by molar-refractivity contribution is -0.389. The number of carbonyl (C=O) groups is 2. The van der Waals surface area contributed by atoms with Crippen LogP contribution in [0.25, 0.3) is 0 Å². The van der Waals surface area contributed by atoms with Gasteiger partial charge in [-0.05, 0) is 29.0 Å². The third kappa shape index (κ3) is 5.71. The molecule has 1 saturated heterocycles. The first-order valence-corrected chi connectivity index (χ1v) is 11.0. The largest absolute Gasteiger partial charge is 0.456 e. The van der Waals surface area contributed by atoms with E-state index in [1.807, 2.05) is 0 Å². The molecule has 0 N–H and O–H groups in total. The molecule has 1 aliphatic heterocycles. The van der Waals surface area contributed by atoms with Crippen molar-refractivity contribution in [2.75, 3.05) is 6.61 Å². The Morgan fingerprint density at radius 1 is 1.15 bits per heavy atom. The number of aryl methyl sites for hydroxylation is 1. The monoisotopic (exact) mass is 483 g/mol. The molecule has 13 nitrogen and oxygen atoms in total. The number of hydrogen-bond acceptors (Lipinski definition) is 11. The summed E-state index contributed by atoms with van der Waals surface area (Å²) in [6.45, 7) is 3.44. The van der Waals surface area contributed by atoms with Crippen LogP contribution in [0, 0.1) is 17.0 Å². The van der Waals surface area contributed by atoms with Gasteiger partial charge in [0.05, 0.1) is 11.5 Å². The molecule has 1 fully saturated rings. The molecule has 0 radical (unpaired) electrons. The molecule has 2 aromatic rings. The number of nitro groups is 1. The highest BCUT2D eigenvalue weighted by Crippen LogP contribution is 2.35. The molecule has 0 spiro atoms. The van der Waals surface area contributed by atoms with E-state index in [1.165, 1.54) is 12.1 Å². The van der Waals surface area contributed by atoms with Crippen LogP contribution in [-0.2, 0) is 38.1 Å². The Morgan fingerprint density at radius 3 is 2.30 bits per heavy atom. The number of carbonyl (C=O) groups excluding carboxylic acids is 2. The second-order valence-electron chi connectivity index (χ2n) is 7.20. The van der Waals surface area contributed by atoms with Gasteiger partial charge in [-0.2, -0.15) is 8.42 Å². The van der Waals surface area contributed by atoms with Crippen LogP contribution in [0.3, 0.4) is 0 Å². The molecule has 1 aromatic heterocycles. The lowest BCUT2D eigenvalue weighted by Crippen LogP contribution is -2.40. The van der Waals surface area contributed by atoms with Gasteiger partial charge in [0, 0.05) is 13.8 Å². The van der Waals surface area contributed by atoms with Crippen LogP contribution in [0.1, 0.15) is 25.6 Å². The van der Waals surface area contributed by atoms with Gasteiger partial charge in [-0.3, -0.25) is 18.3 Å². The van der Waals surface area contributed by atoms with Crippen LogP contribution in [0.5, 0.6) is 0 Å². The van der Waals surface area contributed by atoms with E-state index in [1.54, 1.807) is 19.1 Å². The zero-order chi connectivity index (χ0) is 24.3. The summed E-state index contributed by atoms with van der Waals surface area (Å²) < 4.78 is 47.7. The summed E-state index contributed by atoms with van der Waals surface area (Å²) in [4.78, 5) is 37.1. The number of nitrogens with zero attached hydrogens (tertiary/aromatic N) is 3. The fourth-order valence-electron chi connectivity index (χ4n) is 3.22. The van der Waals surface area contributed by atoms with Crippen LogP contribution < -0.4 is 0 Å². The van der Waals surface area contributed by atoms with Gasteiger partial charge < -0.3 is 24.3 Å². The molecule has 0 aliphatic carbocycles. The Balaban J connectivity index is 1.87. The zero-order valence-corrected chi connectivity index (χ0v) is 18.6. The highest BCUT2D eigenvalue weighted by Gasteiger charge is 2.51. The zero-order valence-electron chi connectivity index (χ0n) is 17.8. The van der Waals surface area contributed by atoms with Gasteiger partial charge in [-0.1, -0.05) is 17.7 Å². The van der Waals surface area contributed by atoms with E-state index in [4.69, 9.17) is 18.4 Å². The Kier molecular flexibility index (Phi) is 7.09. The highest BCUT2D eigenvalue weighted by molar-refractivity contribution is 7.86. The molecule has 3 rings (SSSR count). The Morgan fingerprint density at radius 2 is 1.76 bits per heavy atom. The lowest BCUT2D eigenvalue weighted by Gasteiger charge is -2.23. The van der Waals surface area contributed by atoms with E-state index < -0.39 is 63.9 Å². The molecule has 33 heavy (non-hydrogen) atoms. The summed E-state index contributed by atoms with van der Waals surface area (Å²) in [5.41, 5.74) is 0.851. The van der Waals surface area contributed by atoms with E-state index >= 15 is 0 Å². The second kappa shape index (κ2) is 9.64. The first-order chi connectivity index (χ1) is 15.5. The van der Waals surface area contributed by atoms with Crippen molar-refractivity contribution in [1.82, 2.24) is 9.55 Å². The van der Waals surface area contributed by atoms with Crippen molar-refractivity contribution >= 4 is 27.9 Å². The summed E-state index contributed by atoms with van der Waals surface area (Å²) in [5, 5.41) is 11.0. The molecule has 2 heterocycles. The van der Waals surface area contributed by atoms with Gasteiger partial charge in [0.25, 0.3) is 10.1 Å². The number of hydrogen-bond donors (Lipinski definition) is 0. The summed E-state index contributed by atoms with van der Waals surface area (Å²) in [7, 11) is -4.18. The van der Waals surface area contributed by atoms with Crippen molar-refractivity contribution in [3.8, 4) is 0 Å². The van der Waals surface area contributed by atoms with Crippen molar-refractivity contribution in [3.63, 3.8) is 0 Å². The van der Waals surface area contributed by atoms with E-state index in [0.717, 1.165) is 36.5 Å². The Labute approximate surface area is 188 Å². The summed E-state index contributed by atoms with van der Waals surface area (Å²) in [6, 6.07) is 5.95. The van der Waals surface area contributed by atoms with Crippen molar-refractivity contribution in [3.05, 3.63) is 52.5 Å². The number of rotatable bonds is 8. The molecule has 4 unspecified atom stereocenters. The predicted molar refractivity (Wildman–Crippen MR) is 108 cm³/mol. The topological polar surface area (TPSA) is 166 Å². The minimum absolute atomic E-state index is 0.0894. The molecular formula is C19H21N3O10S. The number of ether oxygens (including phenoxy) is 3. The molecule has 0 bridgehead atoms. The van der Waals surface area contributed by atoms with Gasteiger partial charge in [-0.15, -0.1) is 0 Å². The van der Waals surface area contributed by atoms with Crippen LogP contribution >= 0.6 is 0 Å². The number of aromatic nitrogens is 2. The third-order valence-electron chi connectivity index (χ3n) is 4.66. The summed E-state index contributed by atoms with van der Waals surface area (Å²) in [6.07, 6.45) is -2.78. The SMILES string of the molecule is CC(=O)OC1C(COS(=O)(=O)c2ccc(C)cc2)OC(n2cnc([N+](=O)[O-])c2)C1OC(C)=O. The molecule has 0 amide bonds. The minimum atomic E-state index is -4.18. The van der Waals surface area contributed by atoms with Crippen molar-refractivity contribution < 1.29 is 41.3 Å². The van der Waals surface area contributed by atoms with E-state index in [-0.39, 0.29) is 4.90 Å². The van der Waals surface area contributed by atoms with E-state index in [9.17, 15) is 28.1 Å². The van der Waals surface area contributed by atoms with Gasteiger partial charge in [0.1, 0.15) is 12.3 Å². The molecule has 178 valence electrons. The normalized spacial score (nSPS) is 22.6. The van der Waals surface area contributed by atoms with Crippen LogP contribution in [0.2, 0.25) is 0 Å². The lowest BCUT2D eigenvalue weighted by atomic mass is 10.1. The summed E-state index contributed by atoms with van der Waals surface area (Å²) in [5.74, 6) is -1.98. The van der Waals surface area contributed by atoms with Gasteiger partial charge in [0.2, 0.25) is 6.33 Å². The minimum Gasteiger partial charge on any atom is -0.456 e. The number of benzene rings is 1. The first kappa shape index (κ1) is 24.3. The second-order valence-corrected chi connectivity index (χ2v) is 8.82. The Bertz CT molecular complexity index is 1140. The summed E-state index contributed by atoms with van der Waals surface area (Å²) >= 11 is 0. The van der Waals surface area contributed by atoms with E-state index in [0.29, 0.717) is 0 Å². The first-order valence-electron chi connectivity index (χ1n) is 9.62. The quantitative estimate of drug-likeness (QED) is 0.229. The van der Waals surface area contributed by atoms with Crippen LogP contribution in [0.4, 0.5) is 5.82 Å². The smallest absolute Gasteiger partial charge is 0.381 e. The fraction of sp³-hybridized carbons (Fsp3) is 0.421. The van der Waals surface area contributed by atoms with Crippen molar-refractivity contribution in [2.24, 2.45) is 0 Å². The molecular weight excluding hydrogens is 462 g/mol. The maximum Gasteiger partial charge on any atom is 0.381 e. The van der Waals surface area contributed by atoms with Gasteiger partial charge >= 0.3 is 17.8 Å². The number of esters is 2. The average Bonchev–Trinajstić information content (AvgIpc) is 3.32. The van der Waals surface area contributed by atoms with Gasteiger partial charge in [0.15, 0.2) is 18.4 Å². The van der Waals surface area contributed by atoms with E-state index in [2.05, 4.69) is 4.98 Å². The maximum atomic E-state index is 12.6. The molecule has 0 saturated carbocycles. The fourth-order valence-corrected chi connectivity index (χ4v) is 4.14. The third-order valence-corrected chi connectivity index (χ3v) is 5.95. The highest BCUT2D eigenvalue weighted by atomic mass is 32.2. The number of imidazole rings is 1. The van der Waals surface area contributed by atoms with Crippen LogP contribution in [0.15, 0.2) is 41.7 Å². The standard InChI is InChI=1S/C19H21N3O10S/c1-11-4-6-14(7-5-11)33(27,28)29-9-15-17(30-12(2)23)18(31-13(3)24)19(32-15)21-8-16(20-10-21)22(25)26/h4-8,10,15,17-19H,9H2,1-3H3. The maximum absolute atomic E-state index is 12.6. The van der Waals surface area contributed by atoms with Crippen molar-refractivity contribution in [1.29, 1.82) is 0 Å². The predicted octanol–water partition coefficient (Wildman–Crippen LogP) is 1.27. The van der Waals surface area contributed by atoms with Gasteiger partial charge in [-0.25, -0.2) is 0 Å². The Hall–Kier alpha value is -3.36. The molecule has 1 aliphatic rings.